The molecule has 5 heteroatoms. The van der Waals surface area contributed by atoms with Crippen molar-refractivity contribution in [1.29, 1.82) is 0 Å². The lowest BCUT2D eigenvalue weighted by molar-refractivity contribution is -0.380. The van der Waals surface area contributed by atoms with E-state index in [1.807, 2.05) is 0 Å². The molecule has 0 fully saturated rings. The summed E-state index contributed by atoms with van der Waals surface area (Å²) in [5.41, 5.74) is 0.561. The third kappa shape index (κ3) is 8.14. The topological polar surface area (TPSA) is 27.7 Å². The lowest BCUT2D eigenvalue weighted by Crippen LogP contribution is -2.44. The number of methoxy groups -OCH3 is 3. The van der Waals surface area contributed by atoms with Gasteiger partial charge in [0.05, 0.1) is 0 Å². The van der Waals surface area contributed by atoms with E-state index >= 15 is 0 Å². The smallest absolute Gasteiger partial charge is 0.285 e. The number of halogens is 2. The summed E-state index contributed by atoms with van der Waals surface area (Å²) in [6.45, 7) is 2.22. The van der Waals surface area contributed by atoms with E-state index in [0.717, 1.165) is 38.2 Å². The second-order valence-corrected chi connectivity index (χ2v) is 7.45. The molecule has 162 valence electrons. The van der Waals surface area contributed by atoms with Gasteiger partial charge in [0.1, 0.15) is 11.6 Å². The molecule has 0 radical (unpaired) electrons. The maximum absolute atomic E-state index is 13.8. The minimum absolute atomic E-state index is 0.108. The molecule has 1 rings (SSSR count). The Morgan fingerprint density at radius 1 is 0.821 bits per heavy atom. The summed E-state index contributed by atoms with van der Waals surface area (Å²) in [7, 11) is 4.82. The molecule has 0 spiro atoms. The maximum atomic E-state index is 13.8. The lowest BCUT2D eigenvalue weighted by atomic mass is 9.91. The van der Waals surface area contributed by atoms with Gasteiger partial charge in [0, 0.05) is 33.3 Å². The maximum Gasteiger partial charge on any atom is 0.285 e. The van der Waals surface area contributed by atoms with Crippen molar-refractivity contribution >= 4 is 0 Å². The Labute approximate surface area is 169 Å². The first-order chi connectivity index (χ1) is 13.5. The van der Waals surface area contributed by atoms with Gasteiger partial charge in [-0.15, -0.1) is 0 Å². The van der Waals surface area contributed by atoms with Crippen LogP contribution >= 0.6 is 0 Å². The van der Waals surface area contributed by atoms with E-state index in [-0.39, 0.29) is 5.92 Å². The van der Waals surface area contributed by atoms with Gasteiger partial charge in [0.15, 0.2) is 0 Å². The van der Waals surface area contributed by atoms with Gasteiger partial charge in [-0.2, -0.15) is 0 Å². The van der Waals surface area contributed by atoms with Crippen molar-refractivity contribution in [2.75, 3.05) is 21.3 Å². The molecule has 1 aromatic carbocycles. The zero-order valence-electron chi connectivity index (χ0n) is 18.1. The summed E-state index contributed by atoms with van der Waals surface area (Å²) < 4.78 is 43.6. The van der Waals surface area contributed by atoms with Crippen LogP contribution in [0.4, 0.5) is 8.78 Å². The van der Waals surface area contributed by atoms with Crippen molar-refractivity contribution in [2.24, 2.45) is 5.92 Å². The number of ether oxygens (including phenoxy) is 3. The SMILES string of the molecule is CCCCCCCCC(CCCCc1ccc(F)cc1F)C(OC)(OC)OC. The molecule has 1 unspecified atom stereocenters. The van der Waals surface area contributed by atoms with Gasteiger partial charge in [-0.25, -0.2) is 8.78 Å². The molecule has 0 N–H and O–H groups in total. The Morgan fingerprint density at radius 2 is 1.39 bits per heavy atom. The predicted molar refractivity (Wildman–Crippen MR) is 109 cm³/mol. The van der Waals surface area contributed by atoms with E-state index in [9.17, 15) is 8.78 Å². The molecule has 1 aromatic rings. The third-order valence-corrected chi connectivity index (χ3v) is 5.52. The van der Waals surface area contributed by atoms with Crippen LogP contribution < -0.4 is 0 Å². The highest BCUT2D eigenvalue weighted by Crippen LogP contribution is 2.33. The van der Waals surface area contributed by atoms with Gasteiger partial charge in [-0.3, -0.25) is 0 Å². The lowest BCUT2D eigenvalue weighted by Gasteiger charge is -2.36. The minimum Gasteiger partial charge on any atom is -0.331 e. The van der Waals surface area contributed by atoms with Gasteiger partial charge < -0.3 is 14.2 Å². The fourth-order valence-electron chi connectivity index (χ4n) is 3.85. The molecule has 0 amide bonds. The van der Waals surface area contributed by atoms with Crippen molar-refractivity contribution in [3.8, 4) is 0 Å². The summed E-state index contributed by atoms with van der Waals surface area (Å²) in [5, 5.41) is 0. The number of aryl methyl sites for hydroxylation is 1. The third-order valence-electron chi connectivity index (χ3n) is 5.52. The summed E-state index contributed by atoms with van der Waals surface area (Å²) in [6.07, 6.45) is 11.5. The van der Waals surface area contributed by atoms with Crippen molar-refractivity contribution in [2.45, 2.75) is 83.5 Å². The highest BCUT2D eigenvalue weighted by atomic mass is 19.1. The van der Waals surface area contributed by atoms with Crippen LogP contribution in [0.5, 0.6) is 0 Å². The van der Waals surface area contributed by atoms with Crippen LogP contribution in [0.25, 0.3) is 0 Å². The molecule has 0 aliphatic heterocycles. The first kappa shape index (κ1) is 25.0. The second kappa shape index (κ2) is 14.0. The predicted octanol–water partition coefficient (Wildman–Crippen LogP) is 6.64. The molecule has 0 aliphatic rings. The Hall–Kier alpha value is -1.04. The Kier molecular flexibility index (Phi) is 12.5. The minimum atomic E-state index is -1.04. The van der Waals surface area contributed by atoms with Crippen LogP contribution in [0, 0.1) is 17.6 Å². The van der Waals surface area contributed by atoms with Crippen LogP contribution in [0.2, 0.25) is 0 Å². The normalized spacial score (nSPS) is 13.1. The van der Waals surface area contributed by atoms with Crippen molar-refractivity contribution in [3.05, 3.63) is 35.4 Å². The molecule has 0 saturated carbocycles. The summed E-state index contributed by atoms with van der Waals surface area (Å²) >= 11 is 0. The summed E-state index contributed by atoms with van der Waals surface area (Å²) in [5.74, 6) is -1.93. The van der Waals surface area contributed by atoms with E-state index in [1.165, 1.54) is 44.2 Å². The zero-order valence-corrected chi connectivity index (χ0v) is 18.1. The molecule has 0 aliphatic carbocycles. The van der Waals surface area contributed by atoms with Crippen LogP contribution in [0.15, 0.2) is 18.2 Å². The van der Waals surface area contributed by atoms with Gasteiger partial charge in [0.25, 0.3) is 5.97 Å². The first-order valence-corrected chi connectivity index (χ1v) is 10.6. The Bertz CT molecular complexity index is 524. The fraction of sp³-hybridized carbons (Fsp3) is 0.739. The molecule has 0 aromatic heterocycles. The Morgan fingerprint density at radius 3 is 1.96 bits per heavy atom. The van der Waals surface area contributed by atoms with E-state index < -0.39 is 17.6 Å². The van der Waals surface area contributed by atoms with E-state index in [0.29, 0.717) is 12.0 Å². The quantitative estimate of drug-likeness (QED) is 0.230. The van der Waals surface area contributed by atoms with Gasteiger partial charge in [0.2, 0.25) is 0 Å². The number of benzene rings is 1. The van der Waals surface area contributed by atoms with Crippen LogP contribution in [0.3, 0.4) is 0 Å². The van der Waals surface area contributed by atoms with Gasteiger partial charge >= 0.3 is 0 Å². The molecule has 3 nitrogen and oxygen atoms in total. The summed E-state index contributed by atoms with van der Waals surface area (Å²) in [4.78, 5) is 0. The van der Waals surface area contributed by atoms with Gasteiger partial charge in [-0.05, 0) is 37.3 Å². The van der Waals surface area contributed by atoms with Gasteiger partial charge in [-0.1, -0.05) is 57.9 Å². The van der Waals surface area contributed by atoms with Crippen LogP contribution in [-0.2, 0) is 20.6 Å². The molecule has 1 atom stereocenters. The van der Waals surface area contributed by atoms with Crippen molar-refractivity contribution in [3.63, 3.8) is 0 Å². The molecule has 0 saturated heterocycles. The highest BCUT2D eigenvalue weighted by molar-refractivity contribution is 5.18. The number of rotatable bonds is 16. The number of unbranched alkanes of at least 4 members (excludes halogenated alkanes) is 6. The van der Waals surface area contributed by atoms with Crippen LogP contribution in [-0.4, -0.2) is 27.3 Å². The van der Waals surface area contributed by atoms with Crippen LogP contribution in [0.1, 0.15) is 76.7 Å². The standard InChI is InChI=1S/C23H38F2O3/c1-5-6-7-8-9-10-14-20(23(26-2,27-3)28-4)15-12-11-13-19-16-17-21(24)18-22(19)25/h16-18,20H,5-15H2,1-4H3. The first-order valence-electron chi connectivity index (χ1n) is 10.6. The van der Waals surface area contributed by atoms with E-state index in [2.05, 4.69) is 6.92 Å². The molecule has 0 heterocycles. The molecular formula is C23H38F2O3. The molecule has 28 heavy (non-hydrogen) atoms. The Balaban J connectivity index is 2.53. The molecular weight excluding hydrogens is 362 g/mol. The molecule has 0 bridgehead atoms. The van der Waals surface area contributed by atoms with E-state index in [1.54, 1.807) is 21.3 Å². The summed E-state index contributed by atoms with van der Waals surface area (Å²) in [6, 6.07) is 3.79. The number of hydrogen-bond donors (Lipinski definition) is 0. The zero-order chi connectivity index (χ0) is 20.8. The second-order valence-electron chi connectivity index (χ2n) is 7.45. The average Bonchev–Trinajstić information content (AvgIpc) is 2.70. The highest BCUT2D eigenvalue weighted by Gasteiger charge is 2.39. The van der Waals surface area contributed by atoms with Crippen molar-refractivity contribution < 1.29 is 23.0 Å². The van der Waals surface area contributed by atoms with E-state index in [4.69, 9.17) is 14.2 Å². The monoisotopic (exact) mass is 400 g/mol. The largest absolute Gasteiger partial charge is 0.331 e. The average molecular weight is 401 g/mol. The fourth-order valence-corrected chi connectivity index (χ4v) is 3.85. The van der Waals surface area contributed by atoms with Crippen molar-refractivity contribution in [1.82, 2.24) is 0 Å². The number of hydrogen-bond acceptors (Lipinski definition) is 3.